The lowest BCUT2D eigenvalue weighted by Crippen LogP contribution is -2.38. The van der Waals surface area contributed by atoms with E-state index in [4.69, 9.17) is 0 Å². The Morgan fingerprint density at radius 3 is 2.76 bits per heavy atom. The highest BCUT2D eigenvalue weighted by atomic mass is 32.1. The van der Waals surface area contributed by atoms with Crippen LogP contribution in [0.25, 0.3) is 11.3 Å². The molecule has 2 aromatic rings. The number of aliphatic carboxylic acids is 1. The van der Waals surface area contributed by atoms with Crippen molar-refractivity contribution in [2.45, 2.75) is 19.3 Å². The van der Waals surface area contributed by atoms with E-state index in [0.717, 1.165) is 24.1 Å². The van der Waals surface area contributed by atoms with Crippen LogP contribution in [0.2, 0.25) is 0 Å². The summed E-state index contributed by atoms with van der Waals surface area (Å²) in [4.78, 5) is 25.9. The molecule has 1 aliphatic carbocycles. The molecule has 2 N–H and O–H groups in total. The number of rotatable bonds is 3. The molecule has 1 aliphatic heterocycles. The van der Waals surface area contributed by atoms with Gasteiger partial charge < -0.3 is 15.3 Å². The number of aromatic nitrogens is 2. The van der Waals surface area contributed by atoms with Gasteiger partial charge in [-0.3, -0.25) is 4.79 Å². The van der Waals surface area contributed by atoms with Gasteiger partial charge in [0, 0.05) is 29.7 Å². The van der Waals surface area contributed by atoms with Crippen molar-refractivity contribution in [1.82, 2.24) is 14.5 Å². The van der Waals surface area contributed by atoms with Crippen LogP contribution in [-0.2, 0) is 4.79 Å². The zero-order valence-electron chi connectivity index (χ0n) is 13.5. The van der Waals surface area contributed by atoms with Gasteiger partial charge in [-0.25, -0.2) is 4.79 Å². The third-order valence-electron chi connectivity index (χ3n) is 5.38. The highest BCUT2D eigenvalue weighted by molar-refractivity contribution is 7.03. The molecule has 0 bridgehead atoms. The summed E-state index contributed by atoms with van der Waals surface area (Å²) in [5, 5.41) is 18.4. The Hall–Kier alpha value is -2.48. The lowest BCUT2D eigenvalue weighted by molar-refractivity contribution is -0.149. The number of nitrogens with one attached hydrogen (secondary N) is 1. The fourth-order valence-corrected chi connectivity index (χ4v) is 4.48. The lowest BCUT2D eigenvalue weighted by Gasteiger charge is -2.23. The van der Waals surface area contributed by atoms with E-state index in [9.17, 15) is 14.7 Å². The summed E-state index contributed by atoms with van der Waals surface area (Å²) in [6.45, 7) is 0.808. The second-order valence-electron chi connectivity index (χ2n) is 6.73. The quantitative estimate of drug-likeness (QED) is 0.879. The molecule has 8 heteroatoms. The topological polar surface area (TPSA) is 95.4 Å². The normalized spacial score (nSPS) is 25.0. The summed E-state index contributed by atoms with van der Waals surface area (Å²) < 4.78 is 3.84. The summed E-state index contributed by atoms with van der Waals surface area (Å²) in [5.41, 5.74) is 1.67. The molecular formula is C17H18N4O3S. The molecule has 130 valence electrons. The van der Waals surface area contributed by atoms with E-state index >= 15 is 0 Å². The molecule has 4 rings (SSSR count). The largest absolute Gasteiger partial charge is 0.481 e. The molecule has 1 aromatic carbocycles. The SMILES string of the molecule is O=C(Nc1ccc(-c2csnn2)cc1)N1C[C@@H]2CCC[C@@]2(C(=O)O)C1. The molecule has 0 spiro atoms. The first-order valence-corrected chi connectivity index (χ1v) is 9.09. The Labute approximate surface area is 148 Å². The van der Waals surface area contributed by atoms with Crippen molar-refractivity contribution in [2.75, 3.05) is 18.4 Å². The van der Waals surface area contributed by atoms with Crippen LogP contribution < -0.4 is 5.32 Å². The standard InChI is InChI=1S/C17H18N4O3S/c22-15(23)17-7-1-2-12(17)8-21(10-17)16(24)18-13-5-3-11(4-6-13)14-9-25-20-19-14/h3-6,9,12H,1-2,7-8,10H2,(H,18,24)(H,22,23)/t12-,17+/m0/s1. The van der Waals surface area contributed by atoms with Gasteiger partial charge in [0.05, 0.1) is 5.41 Å². The van der Waals surface area contributed by atoms with Gasteiger partial charge in [0.1, 0.15) is 5.69 Å². The van der Waals surface area contributed by atoms with Gasteiger partial charge >= 0.3 is 12.0 Å². The molecule has 7 nitrogen and oxygen atoms in total. The maximum Gasteiger partial charge on any atom is 0.321 e. The first-order chi connectivity index (χ1) is 12.1. The molecule has 25 heavy (non-hydrogen) atoms. The fourth-order valence-electron chi connectivity index (χ4n) is 4.01. The van der Waals surface area contributed by atoms with Crippen molar-refractivity contribution in [3.05, 3.63) is 29.6 Å². The van der Waals surface area contributed by atoms with Crippen LogP contribution >= 0.6 is 11.5 Å². The van der Waals surface area contributed by atoms with Crippen LogP contribution in [0.3, 0.4) is 0 Å². The minimum atomic E-state index is -0.772. The average molecular weight is 358 g/mol. The Morgan fingerprint density at radius 1 is 1.32 bits per heavy atom. The number of fused-ring (bicyclic) bond motifs is 1. The molecule has 2 heterocycles. The first kappa shape index (κ1) is 16.0. The lowest BCUT2D eigenvalue weighted by atomic mass is 9.81. The minimum absolute atomic E-state index is 0.0651. The van der Waals surface area contributed by atoms with Crippen molar-refractivity contribution in [3.8, 4) is 11.3 Å². The summed E-state index contributed by atoms with van der Waals surface area (Å²) in [7, 11) is 0. The number of hydrogen-bond acceptors (Lipinski definition) is 5. The molecule has 2 fully saturated rings. The maximum absolute atomic E-state index is 12.5. The van der Waals surface area contributed by atoms with E-state index in [0.29, 0.717) is 25.2 Å². The number of urea groups is 1. The second-order valence-corrected chi connectivity index (χ2v) is 7.34. The highest BCUT2D eigenvalue weighted by Crippen LogP contribution is 2.48. The van der Waals surface area contributed by atoms with Crippen LogP contribution in [0.1, 0.15) is 19.3 Å². The van der Waals surface area contributed by atoms with E-state index in [1.807, 2.05) is 29.6 Å². The van der Waals surface area contributed by atoms with E-state index in [2.05, 4.69) is 14.9 Å². The molecule has 2 amide bonds. The molecular weight excluding hydrogens is 340 g/mol. The summed E-state index contributed by atoms with van der Waals surface area (Å²) in [6, 6.07) is 7.15. The number of carbonyl (C=O) groups excluding carboxylic acids is 1. The summed E-state index contributed by atoms with van der Waals surface area (Å²) in [6.07, 6.45) is 2.47. The minimum Gasteiger partial charge on any atom is -0.481 e. The molecule has 0 radical (unpaired) electrons. The Balaban J connectivity index is 1.43. The molecule has 2 atom stereocenters. The number of amides is 2. The number of carboxylic acids is 1. The zero-order chi connectivity index (χ0) is 17.4. The smallest absolute Gasteiger partial charge is 0.321 e. The highest BCUT2D eigenvalue weighted by Gasteiger charge is 2.55. The number of benzene rings is 1. The molecule has 1 saturated carbocycles. The van der Waals surface area contributed by atoms with Gasteiger partial charge in [0.15, 0.2) is 0 Å². The molecule has 0 unspecified atom stereocenters. The average Bonchev–Trinajstić information content (AvgIpc) is 3.31. The van der Waals surface area contributed by atoms with E-state index < -0.39 is 11.4 Å². The van der Waals surface area contributed by atoms with Crippen LogP contribution in [0.4, 0.5) is 10.5 Å². The summed E-state index contributed by atoms with van der Waals surface area (Å²) in [5.74, 6) is -0.707. The van der Waals surface area contributed by atoms with Gasteiger partial charge in [-0.2, -0.15) is 0 Å². The van der Waals surface area contributed by atoms with Crippen molar-refractivity contribution in [2.24, 2.45) is 11.3 Å². The first-order valence-electron chi connectivity index (χ1n) is 8.25. The van der Waals surface area contributed by atoms with Crippen molar-refractivity contribution in [3.63, 3.8) is 0 Å². The third-order valence-corrected chi connectivity index (χ3v) is 5.88. The number of nitrogens with zero attached hydrogens (tertiary/aromatic N) is 3. The third kappa shape index (κ3) is 2.76. The van der Waals surface area contributed by atoms with E-state index in [-0.39, 0.29) is 11.9 Å². The van der Waals surface area contributed by atoms with Crippen LogP contribution in [-0.4, -0.2) is 44.7 Å². The van der Waals surface area contributed by atoms with Crippen LogP contribution in [0.15, 0.2) is 29.6 Å². The van der Waals surface area contributed by atoms with Gasteiger partial charge in [0.25, 0.3) is 0 Å². The van der Waals surface area contributed by atoms with Gasteiger partial charge in [-0.1, -0.05) is 23.0 Å². The monoisotopic (exact) mass is 358 g/mol. The Bertz CT molecular complexity index is 793. The fraction of sp³-hybridized carbons (Fsp3) is 0.412. The molecule has 2 aliphatic rings. The van der Waals surface area contributed by atoms with Gasteiger partial charge in [0.2, 0.25) is 0 Å². The van der Waals surface area contributed by atoms with Crippen LogP contribution in [0.5, 0.6) is 0 Å². The Kier molecular flexibility index (Phi) is 3.91. The van der Waals surface area contributed by atoms with Gasteiger partial charge in [-0.05, 0) is 42.4 Å². The predicted octanol–water partition coefficient (Wildman–Crippen LogP) is 2.92. The maximum atomic E-state index is 12.5. The van der Waals surface area contributed by atoms with Crippen molar-refractivity contribution >= 4 is 29.2 Å². The number of likely N-dealkylation sites (tertiary alicyclic amines) is 1. The molecule has 1 saturated heterocycles. The zero-order valence-corrected chi connectivity index (χ0v) is 14.3. The second kappa shape index (κ2) is 6.11. The van der Waals surface area contributed by atoms with E-state index in [1.165, 1.54) is 11.5 Å². The van der Waals surface area contributed by atoms with Crippen molar-refractivity contribution < 1.29 is 14.7 Å². The van der Waals surface area contributed by atoms with Crippen molar-refractivity contribution in [1.29, 1.82) is 0 Å². The Morgan fingerprint density at radius 2 is 2.12 bits per heavy atom. The number of carboxylic acid groups (broad SMARTS) is 1. The van der Waals surface area contributed by atoms with E-state index in [1.54, 1.807) is 4.90 Å². The number of carbonyl (C=O) groups is 2. The molecule has 1 aromatic heterocycles. The predicted molar refractivity (Wildman–Crippen MR) is 93.3 cm³/mol. The van der Waals surface area contributed by atoms with Gasteiger partial charge in [-0.15, -0.1) is 5.10 Å². The van der Waals surface area contributed by atoms with Crippen LogP contribution in [0, 0.1) is 11.3 Å². The summed E-state index contributed by atoms with van der Waals surface area (Å²) >= 11 is 1.29. The number of anilines is 1. The number of hydrogen-bond donors (Lipinski definition) is 2.